The highest BCUT2D eigenvalue weighted by Crippen LogP contribution is 2.22. The summed E-state index contributed by atoms with van der Waals surface area (Å²) in [4.78, 5) is 37.5. The van der Waals surface area contributed by atoms with E-state index in [0.717, 1.165) is 11.0 Å². The average Bonchev–Trinajstić information content (AvgIpc) is 2.86. The number of imide groups is 1. The maximum absolute atomic E-state index is 12.3. The molecule has 1 aliphatic heterocycles. The second-order valence-corrected chi connectivity index (χ2v) is 7.53. The number of esters is 1. The molecule has 9 heteroatoms. The average molecular weight is 388 g/mol. The van der Waals surface area contributed by atoms with Crippen LogP contribution in [0.25, 0.3) is 0 Å². The fourth-order valence-electron chi connectivity index (χ4n) is 2.75. The molecule has 3 rings (SSSR count). The molecular formula is C18H16N2O6S. The Kier molecular flexibility index (Phi) is 4.81. The summed E-state index contributed by atoms with van der Waals surface area (Å²) in [5.74, 6) is -1.66. The normalized spacial score (nSPS) is 13.6. The van der Waals surface area contributed by atoms with E-state index in [1.807, 2.05) is 0 Å². The van der Waals surface area contributed by atoms with Crippen molar-refractivity contribution in [2.24, 2.45) is 5.14 Å². The smallest absolute Gasteiger partial charge is 0.338 e. The molecule has 0 radical (unpaired) electrons. The molecule has 0 saturated carbocycles. The number of carbonyl (C=O) groups is 3. The number of hydrogen-bond acceptors (Lipinski definition) is 6. The number of amides is 2. The van der Waals surface area contributed by atoms with Gasteiger partial charge in [-0.05, 0) is 36.8 Å². The first kappa shape index (κ1) is 18.7. The topological polar surface area (TPSA) is 124 Å². The first-order chi connectivity index (χ1) is 12.7. The third kappa shape index (κ3) is 3.60. The molecule has 2 amide bonds. The van der Waals surface area contributed by atoms with Crippen LogP contribution in [0.15, 0.2) is 47.4 Å². The number of sulfonamides is 1. The summed E-state index contributed by atoms with van der Waals surface area (Å²) in [6, 6.07) is 10.3. The molecule has 0 aromatic heterocycles. The summed E-state index contributed by atoms with van der Waals surface area (Å²) >= 11 is 0. The van der Waals surface area contributed by atoms with Gasteiger partial charge < -0.3 is 4.74 Å². The zero-order chi connectivity index (χ0) is 19.8. The lowest BCUT2D eigenvalue weighted by Gasteiger charge is -2.14. The van der Waals surface area contributed by atoms with Crippen LogP contribution in [0.4, 0.5) is 0 Å². The van der Waals surface area contributed by atoms with Crippen molar-refractivity contribution in [1.29, 1.82) is 0 Å². The van der Waals surface area contributed by atoms with E-state index in [9.17, 15) is 22.8 Å². The highest BCUT2D eigenvalue weighted by atomic mass is 32.2. The molecule has 0 unspecified atom stereocenters. The Morgan fingerprint density at radius 2 is 1.67 bits per heavy atom. The summed E-state index contributed by atoms with van der Waals surface area (Å²) in [5.41, 5.74) is 1.17. The molecule has 140 valence electrons. The molecule has 27 heavy (non-hydrogen) atoms. The summed E-state index contributed by atoms with van der Waals surface area (Å²) in [5, 5.41) is 5.07. The highest BCUT2D eigenvalue weighted by Gasteiger charge is 2.34. The van der Waals surface area contributed by atoms with Crippen molar-refractivity contribution in [3.8, 4) is 0 Å². The number of aryl methyl sites for hydroxylation is 1. The van der Waals surface area contributed by atoms with E-state index in [4.69, 9.17) is 9.88 Å². The van der Waals surface area contributed by atoms with E-state index >= 15 is 0 Å². The van der Waals surface area contributed by atoms with E-state index in [1.165, 1.54) is 12.1 Å². The summed E-state index contributed by atoms with van der Waals surface area (Å²) in [6.45, 7) is 1.29. The fraction of sp³-hybridized carbons (Fsp3) is 0.167. The third-order valence-electron chi connectivity index (χ3n) is 4.18. The number of fused-ring (bicyclic) bond motifs is 1. The van der Waals surface area contributed by atoms with Crippen molar-refractivity contribution in [2.45, 2.75) is 11.8 Å². The zero-order valence-corrected chi connectivity index (χ0v) is 15.2. The number of hydrogen-bond donors (Lipinski definition) is 1. The molecule has 0 spiro atoms. The lowest BCUT2D eigenvalue weighted by molar-refractivity contribution is 0.0419. The van der Waals surface area contributed by atoms with E-state index in [0.29, 0.717) is 16.7 Å². The molecule has 2 N–H and O–H groups in total. The number of rotatable bonds is 5. The monoisotopic (exact) mass is 388 g/mol. The quantitative estimate of drug-likeness (QED) is 0.604. The van der Waals surface area contributed by atoms with Gasteiger partial charge in [-0.25, -0.2) is 18.4 Å². The van der Waals surface area contributed by atoms with Gasteiger partial charge in [0.05, 0.1) is 28.1 Å². The molecule has 1 aliphatic rings. The zero-order valence-electron chi connectivity index (χ0n) is 14.3. The second-order valence-electron chi connectivity index (χ2n) is 5.97. The van der Waals surface area contributed by atoms with E-state index in [2.05, 4.69) is 0 Å². The molecule has 1 heterocycles. The van der Waals surface area contributed by atoms with E-state index < -0.39 is 27.8 Å². The van der Waals surface area contributed by atoms with Crippen molar-refractivity contribution < 1.29 is 27.5 Å². The van der Waals surface area contributed by atoms with E-state index in [1.54, 1.807) is 31.2 Å². The van der Waals surface area contributed by atoms with Crippen molar-refractivity contribution in [3.63, 3.8) is 0 Å². The van der Waals surface area contributed by atoms with Gasteiger partial charge in [-0.3, -0.25) is 14.5 Å². The largest absolute Gasteiger partial charge is 0.460 e. The number of ether oxygens (including phenoxy) is 1. The van der Waals surface area contributed by atoms with Gasteiger partial charge in [-0.2, -0.15) is 0 Å². The lowest BCUT2D eigenvalue weighted by Crippen LogP contribution is -2.33. The minimum Gasteiger partial charge on any atom is -0.460 e. The van der Waals surface area contributed by atoms with Gasteiger partial charge in [0.25, 0.3) is 11.8 Å². The number of benzene rings is 2. The van der Waals surface area contributed by atoms with Crippen LogP contribution in [0.5, 0.6) is 0 Å². The molecular weight excluding hydrogens is 372 g/mol. The maximum Gasteiger partial charge on any atom is 0.338 e. The Morgan fingerprint density at radius 1 is 1.07 bits per heavy atom. The highest BCUT2D eigenvalue weighted by molar-refractivity contribution is 7.89. The van der Waals surface area contributed by atoms with Crippen LogP contribution in [-0.2, 0) is 14.8 Å². The van der Waals surface area contributed by atoms with Crippen molar-refractivity contribution >= 4 is 27.8 Å². The van der Waals surface area contributed by atoms with Gasteiger partial charge >= 0.3 is 5.97 Å². The third-order valence-corrected chi connectivity index (χ3v) is 5.09. The summed E-state index contributed by atoms with van der Waals surface area (Å²) in [6.07, 6.45) is 0. The Bertz CT molecular complexity index is 1030. The summed E-state index contributed by atoms with van der Waals surface area (Å²) in [7, 11) is -3.96. The van der Waals surface area contributed by atoms with Crippen molar-refractivity contribution in [1.82, 2.24) is 4.90 Å². The predicted molar refractivity (Wildman–Crippen MR) is 94.6 cm³/mol. The van der Waals surface area contributed by atoms with Crippen molar-refractivity contribution in [3.05, 3.63) is 64.7 Å². The van der Waals surface area contributed by atoms with Crippen LogP contribution in [0, 0.1) is 6.92 Å². The van der Waals surface area contributed by atoms with Crippen LogP contribution >= 0.6 is 0 Å². The van der Waals surface area contributed by atoms with Crippen LogP contribution in [0.2, 0.25) is 0 Å². The molecule has 8 nitrogen and oxygen atoms in total. The molecule has 2 aromatic rings. The standard InChI is InChI=1S/C18H16N2O6S/c1-11-6-7-12(27(19,24)25)10-15(11)18(23)26-9-8-20-16(21)13-4-2-3-5-14(13)17(20)22/h2-7,10H,8-9H2,1H3,(H2,19,24,25). The van der Waals surface area contributed by atoms with Gasteiger partial charge in [0, 0.05) is 0 Å². The molecule has 0 bridgehead atoms. The molecule has 0 aliphatic carbocycles. The SMILES string of the molecule is Cc1ccc(S(N)(=O)=O)cc1C(=O)OCCN1C(=O)c2ccccc2C1=O. The van der Waals surface area contributed by atoms with Gasteiger partial charge in [0.1, 0.15) is 6.61 Å². The van der Waals surface area contributed by atoms with Gasteiger partial charge in [-0.15, -0.1) is 0 Å². The van der Waals surface area contributed by atoms with Gasteiger partial charge in [-0.1, -0.05) is 18.2 Å². The Labute approximate surface area is 155 Å². The van der Waals surface area contributed by atoms with E-state index in [-0.39, 0.29) is 23.6 Å². The van der Waals surface area contributed by atoms with Gasteiger partial charge in [0.2, 0.25) is 10.0 Å². The van der Waals surface area contributed by atoms with Crippen LogP contribution in [-0.4, -0.2) is 44.3 Å². The fourth-order valence-corrected chi connectivity index (χ4v) is 3.29. The first-order valence-electron chi connectivity index (χ1n) is 7.96. The number of primary sulfonamides is 1. The van der Waals surface area contributed by atoms with Crippen LogP contribution in [0.3, 0.4) is 0 Å². The molecule has 0 saturated heterocycles. The van der Waals surface area contributed by atoms with Crippen LogP contribution < -0.4 is 5.14 Å². The molecule has 0 fully saturated rings. The van der Waals surface area contributed by atoms with Gasteiger partial charge in [0.15, 0.2) is 0 Å². The lowest BCUT2D eigenvalue weighted by atomic mass is 10.1. The Hall–Kier alpha value is -3.04. The minimum atomic E-state index is -3.96. The molecule has 2 aromatic carbocycles. The summed E-state index contributed by atoms with van der Waals surface area (Å²) < 4.78 is 28.0. The number of nitrogens with two attached hydrogens (primary N) is 1. The molecule has 0 atom stereocenters. The number of carbonyl (C=O) groups excluding carboxylic acids is 3. The minimum absolute atomic E-state index is 0.0453. The predicted octanol–water partition coefficient (Wildman–Crippen LogP) is 1.10. The maximum atomic E-state index is 12.3. The Balaban J connectivity index is 1.68. The second kappa shape index (κ2) is 6.93. The Morgan fingerprint density at radius 3 is 2.22 bits per heavy atom. The van der Waals surface area contributed by atoms with Crippen molar-refractivity contribution in [2.75, 3.05) is 13.2 Å². The first-order valence-corrected chi connectivity index (χ1v) is 9.50. The van der Waals surface area contributed by atoms with Crippen LogP contribution in [0.1, 0.15) is 36.6 Å². The number of nitrogens with zero attached hydrogens (tertiary/aromatic N) is 1.